The molecule has 1 aliphatic rings. The van der Waals surface area contributed by atoms with Crippen LogP contribution in [0.1, 0.15) is 4.79 Å². The Bertz CT molecular complexity index is 290. The summed E-state index contributed by atoms with van der Waals surface area (Å²) >= 11 is 0. The first-order valence-corrected chi connectivity index (χ1v) is 3.50. The minimum absolute atomic E-state index is 0.234. The molecule has 0 N–H and O–H groups in total. The van der Waals surface area contributed by atoms with Crippen molar-refractivity contribution in [1.29, 1.82) is 0 Å². The first-order valence-electron chi connectivity index (χ1n) is 3.50. The number of rotatable bonds is 2. The number of nitrogens with zero attached hydrogens (tertiary/aromatic N) is 2. The van der Waals surface area contributed by atoms with Gasteiger partial charge in [0.1, 0.15) is 12.9 Å². The van der Waals surface area contributed by atoms with E-state index in [1.165, 1.54) is 24.2 Å². The van der Waals surface area contributed by atoms with E-state index in [9.17, 15) is 4.79 Å². The summed E-state index contributed by atoms with van der Waals surface area (Å²) in [7, 11) is 1.45. The fourth-order valence-electron chi connectivity index (χ4n) is 0.970. The molecule has 2 rings (SSSR count). The van der Waals surface area contributed by atoms with Crippen LogP contribution in [-0.2, 0) is 9.47 Å². The molecular formula is C7H8N2O3. The molecule has 5 heteroatoms. The zero-order valence-electron chi connectivity index (χ0n) is 6.56. The summed E-state index contributed by atoms with van der Waals surface area (Å²) in [4.78, 5) is 15.2. The maximum Gasteiger partial charge on any atom is 0.294 e. The van der Waals surface area contributed by atoms with Gasteiger partial charge in [0, 0.05) is 19.5 Å². The highest BCUT2D eigenvalue weighted by atomic mass is 16.8. The van der Waals surface area contributed by atoms with E-state index >= 15 is 0 Å². The SMILES string of the molecule is COC1(C(=O)n2ccnc2)CO1. The van der Waals surface area contributed by atoms with Gasteiger partial charge in [0.25, 0.3) is 11.7 Å². The number of imidazole rings is 1. The predicted molar refractivity (Wildman–Crippen MR) is 38.5 cm³/mol. The van der Waals surface area contributed by atoms with E-state index in [-0.39, 0.29) is 5.91 Å². The van der Waals surface area contributed by atoms with Gasteiger partial charge >= 0.3 is 0 Å². The standard InChI is InChI=1S/C7H8N2O3/c1-11-7(4-12-7)6(10)9-3-2-8-5-9/h2-3,5H,4H2,1H3. The molecule has 64 valence electrons. The lowest BCUT2D eigenvalue weighted by Crippen LogP contribution is -2.31. The first-order chi connectivity index (χ1) is 5.78. The highest BCUT2D eigenvalue weighted by Crippen LogP contribution is 2.29. The molecule has 0 radical (unpaired) electrons. The maximum absolute atomic E-state index is 11.5. The van der Waals surface area contributed by atoms with Crippen LogP contribution in [0, 0.1) is 0 Å². The molecule has 2 heterocycles. The minimum atomic E-state index is -1.04. The molecule has 1 aliphatic heterocycles. The summed E-state index contributed by atoms with van der Waals surface area (Å²) < 4.78 is 11.2. The smallest absolute Gasteiger partial charge is 0.294 e. The van der Waals surface area contributed by atoms with Gasteiger partial charge in [-0.25, -0.2) is 4.98 Å². The zero-order valence-corrected chi connectivity index (χ0v) is 6.56. The van der Waals surface area contributed by atoms with E-state index in [1.807, 2.05) is 0 Å². The van der Waals surface area contributed by atoms with Crippen LogP contribution < -0.4 is 0 Å². The zero-order chi connectivity index (χ0) is 8.60. The van der Waals surface area contributed by atoms with Crippen molar-refractivity contribution in [2.45, 2.75) is 5.79 Å². The third-order valence-electron chi connectivity index (χ3n) is 1.80. The van der Waals surface area contributed by atoms with E-state index < -0.39 is 5.79 Å². The minimum Gasteiger partial charge on any atom is -0.344 e. The van der Waals surface area contributed by atoms with Crippen molar-refractivity contribution in [3.05, 3.63) is 18.7 Å². The summed E-state index contributed by atoms with van der Waals surface area (Å²) in [6, 6.07) is 0. The normalized spacial score (nSPS) is 27.1. The second-order valence-electron chi connectivity index (χ2n) is 2.52. The summed E-state index contributed by atoms with van der Waals surface area (Å²) in [6.45, 7) is 0.320. The first kappa shape index (κ1) is 7.45. The van der Waals surface area contributed by atoms with E-state index in [0.717, 1.165) is 0 Å². The van der Waals surface area contributed by atoms with Crippen molar-refractivity contribution in [2.75, 3.05) is 13.7 Å². The molecule has 1 aromatic heterocycles. The topological polar surface area (TPSA) is 56.7 Å². The lowest BCUT2D eigenvalue weighted by Gasteiger charge is -2.07. The number of hydrogen-bond acceptors (Lipinski definition) is 4. The van der Waals surface area contributed by atoms with Gasteiger partial charge in [0.2, 0.25) is 0 Å². The van der Waals surface area contributed by atoms with Crippen LogP contribution in [0.4, 0.5) is 0 Å². The van der Waals surface area contributed by atoms with E-state index in [2.05, 4.69) is 4.98 Å². The lowest BCUT2D eigenvalue weighted by molar-refractivity contribution is -0.00552. The lowest BCUT2D eigenvalue weighted by atomic mass is 10.4. The van der Waals surface area contributed by atoms with E-state index in [1.54, 1.807) is 6.20 Å². The number of methoxy groups -OCH3 is 1. The van der Waals surface area contributed by atoms with Crippen LogP contribution >= 0.6 is 0 Å². The van der Waals surface area contributed by atoms with Crippen LogP contribution in [0.3, 0.4) is 0 Å². The highest BCUT2D eigenvalue weighted by molar-refractivity contribution is 5.88. The number of carbonyl (C=O) groups is 1. The van der Waals surface area contributed by atoms with Crippen LogP contribution in [0.5, 0.6) is 0 Å². The van der Waals surface area contributed by atoms with Crippen LogP contribution in [0.15, 0.2) is 18.7 Å². The van der Waals surface area contributed by atoms with Crippen molar-refractivity contribution < 1.29 is 14.3 Å². The van der Waals surface area contributed by atoms with Gasteiger partial charge in [-0.15, -0.1) is 0 Å². The third-order valence-corrected chi connectivity index (χ3v) is 1.80. The molecular weight excluding hydrogens is 160 g/mol. The van der Waals surface area contributed by atoms with E-state index in [0.29, 0.717) is 6.61 Å². The van der Waals surface area contributed by atoms with Crippen molar-refractivity contribution in [3.8, 4) is 0 Å². The fraction of sp³-hybridized carbons (Fsp3) is 0.429. The van der Waals surface area contributed by atoms with Crippen molar-refractivity contribution >= 4 is 5.91 Å². The maximum atomic E-state index is 11.5. The van der Waals surface area contributed by atoms with Crippen LogP contribution in [-0.4, -0.2) is 35.0 Å². The Morgan fingerprint density at radius 3 is 3.00 bits per heavy atom. The highest BCUT2D eigenvalue weighted by Gasteiger charge is 2.54. The van der Waals surface area contributed by atoms with Crippen molar-refractivity contribution in [1.82, 2.24) is 9.55 Å². The molecule has 12 heavy (non-hydrogen) atoms. The monoisotopic (exact) mass is 168 g/mol. The van der Waals surface area contributed by atoms with Gasteiger partial charge in [-0.3, -0.25) is 9.36 Å². The molecule has 1 atom stereocenters. The summed E-state index contributed by atoms with van der Waals surface area (Å²) in [5, 5.41) is 0. The largest absolute Gasteiger partial charge is 0.344 e. The molecule has 0 aromatic carbocycles. The van der Waals surface area contributed by atoms with Gasteiger partial charge < -0.3 is 9.47 Å². The molecule has 1 fully saturated rings. The average molecular weight is 168 g/mol. The number of epoxide rings is 1. The summed E-state index contributed by atoms with van der Waals surface area (Å²) in [6.07, 6.45) is 4.51. The molecule has 1 saturated heterocycles. The van der Waals surface area contributed by atoms with Crippen molar-refractivity contribution in [3.63, 3.8) is 0 Å². The Kier molecular flexibility index (Phi) is 1.49. The van der Waals surface area contributed by atoms with Gasteiger partial charge in [-0.1, -0.05) is 0 Å². The number of ether oxygens (including phenoxy) is 2. The molecule has 0 saturated carbocycles. The second kappa shape index (κ2) is 2.40. The Hall–Kier alpha value is -1.20. The quantitative estimate of drug-likeness (QED) is 0.578. The number of aromatic nitrogens is 2. The average Bonchev–Trinajstić information content (AvgIpc) is 2.71. The Morgan fingerprint density at radius 2 is 2.58 bits per heavy atom. The molecule has 0 aliphatic carbocycles. The predicted octanol–water partition coefficient (Wildman–Crippen LogP) is -0.104. The number of carbonyl (C=O) groups excluding carboxylic acids is 1. The molecule has 1 aromatic rings. The molecule has 0 spiro atoms. The Morgan fingerprint density at radius 1 is 1.83 bits per heavy atom. The fourth-order valence-corrected chi connectivity index (χ4v) is 0.970. The van der Waals surface area contributed by atoms with Crippen LogP contribution in [0.2, 0.25) is 0 Å². The van der Waals surface area contributed by atoms with Gasteiger partial charge in [-0.2, -0.15) is 0 Å². The summed E-state index contributed by atoms with van der Waals surface area (Å²) in [5.74, 6) is -1.27. The Balaban J connectivity index is 2.21. The third kappa shape index (κ3) is 0.945. The molecule has 0 amide bonds. The molecule has 5 nitrogen and oxygen atoms in total. The van der Waals surface area contributed by atoms with Crippen LogP contribution in [0.25, 0.3) is 0 Å². The molecule has 0 bridgehead atoms. The number of hydrogen-bond donors (Lipinski definition) is 0. The van der Waals surface area contributed by atoms with Gasteiger partial charge in [0.15, 0.2) is 0 Å². The van der Waals surface area contributed by atoms with E-state index in [4.69, 9.17) is 9.47 Å². The summed E-state index contributed by atoms with van der Waals surface area (Å²) in [5.41, 5.74) is 0. The van der Waals surface area contributed by atoms with Gasteiger partial charge in [0.05, 0.1) is 0 Å². The van der Waals surface area contributed by atoms with Gasteiger partial charge in [-0.05, 0) is 0 Å². The Labute approximate surface area is 68.9 Å². The van der Waals surface area contributed by atoms with Crippen molar-refractivity contribution in [2.24, 2.45) is 0 Å². The second-order valence-corrected chi connectivity index (χ2v) is 2.52. The molecule has 1 unspecified atom stereocenters.